The minimum atomic E-state index is -3.83. The lowest BCUT2D eigenvalue weighted by Crippen LogP contribution is -2.41. The Labute approximate surface area is 122 Å². The molecule has 0 aliphatic heterocycles. The highest BCUT2D eigenvalue weighted by molar-refractivity contribution is 7.89. The van der Waals surface area contributed by atoms with Crippen molar-refractivity contribution >= 4 is 15.9 Å². The first kappa shape index (κ1) is 15.1. The van der Waals surface area contributed by atoms with Crippen LogP contribution >= 0.6 is 0 Å². The fraction of sp³-hybridized carbons (Fsp3) is 0.154. The van der Waals surface area contributed by atoms with Crippen LogP contribution in [-0.2, 0) is 10.0 Å². The van der Waals surface area contributed by atoms with Crippen molar-refractivity contribution in [2.75, 3.05) is 0 Å². The number of hydrogen-bond donors (Lipinski definition) is 2. The largest absolute Gasteiger partial charge is 0.286 e. The van der Waals surface area contributed by atoms with Crippen molar-refractivity contribution in [1.29, 1.82) is 0 Å². The monoisotopic (exact) mass is 306 g/mol. The van der Waals surface area contributed by atoms with Gasteiger partial charge in [-0.1, -0.05) is 6.07 Å². The molecule has 2 aromatic rings. The SMILES string of the molecule is Cc1ccc(S(=O)(=O)NNC(=O)c2cnccn2)cc1C. The van der Waals surface area contributed by atoms with E-state index in [2.05, 4.69) is 15.4 Å². The third-order valence-electron chi connectivity index (χ3n) is 2.88. The van der Waals surface area contributed by atoms with Gasteiger partial charge in [0.05, 0.1) is 11.1 Å². The van der Waals surface area contributed by atoms with E-state index in [-0.39, 0.29) is 10.6 Å². The van der Waals surface area contributed by atoms with Gasteiger partial charge >= 0.3 is 0 Å². The van der Waals surface area contributed by atoms with Crippen molar-refractivity contribution in [3.05, 3.63) is 53.6 Å². The van der Waals surface area contributed by atoms with Crippen LogP contribution in [0, 0.1) is 13.8 Å². The van der Waals surface area contributed by atoms with E-state index in [1.807, 2.05) is 18.7 Å². The lowest BCUT2D eigenvalue weighted by molar-refractivity contribution is 0.0939. The number of hydrogen-bond acceptors (Lipinski definition) is 5. The molecule has 2 N–H and O–H groups in total. The van der Waals surface area contributed by atoms with E-state index in [1.54, 1.807) is 6.07 Å². The Bertz CT molecular complexity index is 760. The molecule has 0 spiro atoms. The first-order chi connectivity index (χ1) is 9.90. The lowest BCUT2D eigenvalue weighted by Gasteiger charge is -2.09. The standard InChI is InChI=1S/C13H14N4O3S/c1-9-3-4-11(7-10(9)2)21(19,20)17-16-13(18)12-8-14-5-6-15-12/h3-8,17H,1-2H3,(H,16,18). The van der Waals surface area contributed by atoms with Gasteiger partial charge in [0.15, 0.2) is 0 Å². The zero-order valence-electron chi connectivity index (χ0n) is 11.5. The van der Waals surface area contributed by atoms with Crippen LogP contribution in [0.25, 0.3) is 0 Å². The zero-order chi connectivity index (χ0) is 15.5. The number of carbonyl (C=O) groups is 1. The molecule has 21 heavy (non-hydrogen) atoms. The van der Waals surface area contributed by atoms with Crippen LogP contribution in [0.5, 0.6) is 0 Å². The van der Waals surface area contributed by atoms with E-state index < -0.39 is 15.9 Å². The van der Waals surface area contributed by atoms with Crippen LogP contribution < -0.4 is 10.3 Å². The fourth-order valence-electron chi connectivity index (χ4n) is 1.53. The molecule has 0 unspecified atom stereocenters. The zero-order valence-corrected chi connectivity index (χ0v) is 12.3. The molecule has 1 amide bonds. The van der Waals surface area contributed by atoms with Gasteiger partial charge in [-0.15, -0.1) is 4.83 Å². The molecule has 0 atom stereocenters. The van der Waals surface area contributed by atoms with Crippen LogP contribution in [0.15, 0.2) is 41.7 Å². The van der Waals surface area contributed by atoms with Crippen molar-refractivity contribution < 1.29 is 13.2 Å². The molecule has 0 bridgehead atoms. The summed E-state index contributed by atoms with van der Waals surface area (Å²) in [5.41, 5.74) is 3.94. The number of aryl methyl sites for hydroxylation is 2. The number of hydrazine groups is 1. The van der Waals surface area contributed by atoms with Crippen molar-refractivity contribution in [3.8, 4) is 0 Å². The number of aromatic nitrogens is 2. The predicted octanol–water partition coefficient (Wildman–Crippen LogP) is 0.717. The van der Waals surface area contributed by atoms with E-state index in [4.69, 9.17) is 0 Å². The number of rotatable bonds is 4. The van der Waals surface area contributed by atoms with E-state index in [9.17, 15) is 13.2 Å². The first-order valence-electron chi connectivity index (χ1n) is 6.05. The molecular weight excluding hydrogens is 292 g/mol. The summed E-state index contributed by atoms with van der Waals surface area (Å²) in [6.45, 7) is 3.70. The van der Waals surface area contributed by atoms with Gasteiger partial charge in [0.25, 0.3) is 15.9 Å². The van der Waals surface area contributed by atoms with Crippen LogP contribution in [0.2, 0.25) is 0 Å². The highest BCUT2D eigenvalue weighted by atomic mass is 32.2. The third-order valence-corrected chi connectivity index (χ3v) is 4.13. The van der Waals surface area contributed by atoms with Crippen molar-refractivity contribution in [2.24, 2.45) is 0 Å². The molecule has 2 rings (SSSR count). The minimum Gasteiger partial charge on any atom is -0.272 e. The van der Waals surface area contributed by atoms with Gasteiger partial charge in [-0.25, -0.2) is 13.4 Å². The van der Waals surface area contributed by atoms with Gasteiger partial charge in [0.1, 0.15) is 5.69 Å². The van der Waals surface area contributed by atoms with Gasteiger partial charge in [0, 0.05) is 12.4 Å². The Balaban J connectivity index is 2.11. The van der Waals surface area contributed by atoms with Gasteiger partial charge in [-0.2, -0.15) is 0 Å². The Morgan fingerprint density at radius 2 is 1.90 bits per heavy atom. The van der Waals surface area contributed by atoms with Gasteiger partial charge < -0.3 is 0 Å². The third kappa shape index (κ3) is 3.61. The van der Waals surface area contributed by atoms with Crippen LogP contribution in [0.3, 0.4) is 0 Å². The maximum atomic E-state index is 12.1. The summed E-state index contributed by atoms with van der Waals surface area (Å²) in [6.07, 6.45) is 3.99. The molecule has 1 heterocycles. The smallest absolute Gasteiger partial charge is 0.272 e. The first-order valence-corrected chi connectivity index (χ1v) is 7.54. The van der Waals surface area contributed by atoms with Crippen molar-refractivity contribution in [1.82, 2.24) is 20.2 Å². The molecule has 0 aliphatic rings. The summed E-state index contributed by atoms with van der Waals surface area (Å²) >= 11 is 0. The molecular formula is C13H14N4O3S. The van der Waals surface area contributed by atoms with Crippen molar-refractivity contribution in [3.63, 3.8) is 0 Å². The lowest BCUT2D eigenvalue weighted by atomic mass is 10.1. The highest BCUT2D eigenvalue weighted by Gasteiger charge is 2.16. The van der Waals surface area contributed by atoms with E-state index in [1.165, 1.54) is 30.7 Å². The predicted molar refractivity (Wildman–Crippen MR) is 75.7 cm³/mol. The highest BCUT2D eigenvalue weighted by Crippen LogP contribution is 2.14. The fourth-order valence-corrected chi connectivity index (χ4v) is 2.46. The second-order valence-corrected chi connectivity index (χ2v) is 6.08. The summed E-state index contributed by atoms with van der Waals surface area (Å²) in [5.74, 6) is -0.685. The number of nitrogens with one attached hydrogen (secondary N) is 2. The van der Waals surface area contributed by atoms with Gasteiger partial charge in [0.2, 0.25) is 0 Å². The van der Waals surface area contributed by atoms with Crippen LogP contribution in [0.4, 0.5) is 0 Å². The molecule has 8 heteroatoms. The maximum absolute atomic E-state index is 12.1. The number of nitrogens with zero attached hydrogens (tertiary/aromatic N) is 2. The molecule has 110 valence electrons. The second-order valence-electron chi connectivity index (χ2n) is 4.40. The van der Waals surface area contributed by atoms with E-state index in [0.717, 1.165) is 11.1 Å². The second kappa shape index (κ2) is 5.98. The Morgan fingerprint density at radius 3 is 2.52 bits per heavy atom. The number of amides is 1. The van der Waals surface area contributed by atoms with Gasteiger partial charge in [-0.05, 0) is 37.1 Å². The molecule has 1 aromatic heterocycles. The van der Waals surface area contributed by atoms with E-state index in [0.29, 0.717) is 0 Å². The molecule has 1 aromatic carbocycles. The Hall–Kier alpha value is -2.32. The average Bonchev–Trinajstić information content (AvgIpc) is 2.48. The number of sulfonamides is 1. The summed E-state index contributed by atoms with van der Waals surface area (Å²) in [4.78, 5) is 21.3. The maximum Gasteiger partial charge on any atom is 0.286 e. The number of carbonyl (C=O) groups excluding carboxylic acids is 1. The molecule has 0 aliphatic carbocycles. The summed E-state index contributed by atoms with van der Waals surface area (Å²) < 4.78 is 24.1. The molecule has 0 radical (unpaired) electrons. The van der Waals surface area contributed by atoms with E-state index >= 15 is 0 Å². The molecule has 0 fully saturated rings. The van der Waals surface area contributed by atoms with Crippen molar-refractivity contribution in [2.45, 2.75) is 18.7 Å². The Kier molecular flexibility index (Phi) is 4.29. The average molecular weight is 306 g/mol. The van der Waals surface area contributed by atoms with Gasteiger partial charge in [-0.3, -0.25) is 15.2 Å². The molecule has 7 nitrogen and oxygen atoms in total. The quantitative estimate of drug-likeness (QED) is 0.810. The van der Waals surface area contributed by atoms with Crippen LogP contribution in [-0.4, -0.2) is 24.3 Å². The normalized spacial score (nSPS) is 11.1. The summed E-state index contributed by atoms with van der Waals surface area (Å²) in [6, 6.07) is 4.71. The molecule has 0 saturated heterocycles. The topological polar surface area (TPSA) is 101 Å². The summed E-state index contributed by atoms with van der Waals surface area (Å²) in [5, 5.41) is 0. The number of benzene rings is 1. The van der Waals surface area contributed by atoms with Crippen LogP contribution in [0.1, 0.15) is 21.6 Å². The molecule has 0 saturated carbocycles. The summed E-state index contributed by atoms with van der Waals surface area (Å²) in [7, 11) is -3.83. The Morgan fingerprint density at radius 1 is 1.14 bits per heavy atom. The minimum absolute atomic E-state index is 0.0142.